The molecule has 3 aromatic carbocycles. The SMILES string of the molecule is NOOSc1cc2cc(S(N)(=O)=O)cc(Nc3nc(NC4C(O)OC(CO)C(O)C4O)nc(-[n+]4ccccc4)n3)c2c(O)c1N=Nc1ccccc1. The highest BCUT2D eigenvalue weighted by molar-refractivity contribution is 7.94. The van der Waals surface area contributed by atoms with Crippen LogP contribution in [0.15, 0.2) is 99.1 Å². The van der Waals surface area contributed by atoms with Crippen molar-refractivity contribution in [3.63, 3.8) is 0 Å². The first-order valence-corrected chi connectivity index (χ1v) is 17.4. The van der Waals surface area contributed by atoms with Crippen molar-refractivity contribution < 1.29 is 52.6 Å². The molecule has 1 aliphatic heterocycles. The third-order valence-electron chi connectivity index (χ3n) is 7.65. The van der Waals surface area contributed by atoms with E-state index in [-0.39, 0.29) is 49.8 Å². The number of anilines is 3. The van der Waals surface area contributed by atoms with E-state index in [1.54, 1.807) is 60.9 Å². The van der Waals surface area contributed by atoms with Crippen molar-refractivity contribution in [2.75, 3.05) is 17.2 Å². The van der Waals surface area contributed by atoms with Gasteiger partial charge in [-0.25, -0.2) is 18.1 Å². The predicted molar refractivity (Wildman–Crippen MR) is 182 cm³/mol. The monoisotopic (exact) mass is 755 g/mol. The number of ether oxygens (including phenoxy) is 1. The molecule has 0 saturated carbocycles. The highest BCUT2D eigenvalue weighted by Gasteiger charge is 2.44. The third-order valence-corrected chi connectivity index (χ3v) is 9.18. The lowest BCUT2D eigenvalue weighted by atomic mass is 9.97. The summed E-state index contributed by atoms with van der Waals surface area (Å²) in [4.78, 5) is 17.1. The van der Waals surface area contributed by atoms with Crippen molar-refractivity contribution in [2.45, 2.75) is 40.4 Å². The molecule has 0 spiro atoms. The van der Waals surface area contributed by atoms with Crippen molar-refractivity contribution in [3.8, 4) is 11.7 Å². The van der Waals surface area contributed by atoms with Crippen LogP contribution < -0.4 is 26.2 Å². The predicted octanol–water partition coefficient (Wildman–Crippen LogP) is 0.854. The van der Waals surface area contributed by atoms with Crippen molar-refractivity contribution in [3.05, 3.63) is 79.1 Å². The number of nitrogens with two attached hydrogens (primary N) is 2. The molecule has 0 radical (unpaired) electrons. The Labute approximate surface area is 298 Å². The van der Waals surface area contributed by atoms with E-state index >= 15 is 0 Å². The standard InChI is InChI=1S/C30H30N10O10S2/c31-49-50-51-20-12-15-11-17(52(32,46)47)13-18(21(15)25(43)22(20)39-38-16-7-3-1-4-8-16)33-28-35-29(37-30(36-28)40-9-5-2-6-10-40)34-23-26(44)24(42)19(14-41)48-27(23)45/h1-13,19,23-24,26-27,41-42,44-45H,14,31H2,(H4-,32,33,34,35,36,37,38,43,46,47)/p+1. The molecule has 6 rings (SSSR count). The highest BCUT2D eigenvalue weighted by atomic mass is 32.2. The van der Waals surface area contributed by atoms with Crippen LogP contribution in [0.25, 0.3) is 16.7 Å². The number of azo groups is 1. The summed E-state index contributed by atoms with van der Waals surface area (Å²) < 4.78 is 36.8. The fourth-order valence-corrected chi connectivity index (χ4v) is 6.27. The van der Waals surface area contributed by atoms with E-state index in [2.05, 4.69) is 40.8 Å². The molecule has 0 aliphatic carbocycles. The highest BCUT2D eigenvalue weighted by Crippen LogP contribution is 2.47. The van der Waals surface area contributed by atoms with E-state index in [4.69, 9.17) is 20.1 Å². The average Bonchev–Trinajstić information content (AvgIpc) is 3.13. The Morgan fingerprint density at radius 1 is 0.962 bits per heavy atom. The van der Waals surface area contributed by atoms with Crippen LogP contribution in [0.1, 0.15) is 0 Å². The van der Waals surface area contributed by atoms with Crippen LogP contribution in [0, 0.1) is 0 Å². The molecule has 2 aromatic heterocycles. The normalized spacial score (nSPS) is 20.7. The van der Waals surface area contributed by atoms with Crippen molar-refractivity contribution in [2.24, 2.45) is 21.3 Å². The summed E-state index contributed by atoms with van der Waals surface area (Å²) >= 11 is 0.565. The first-order chi connectivity index (χ1) is 25.0. The lowest BCUT2D eigenvalue weighted by molar-refractivity contribution is -0.603. The third kappa shape index (κ3) is 8.06. The van der Waals surface area contributed by atoms with Gasteiger partial charge in [-0.2, -0.15) is 11.0 Å². The molecule has 20 nitrogen and oxygen atoms in total. The average molecular weight is 756 g/mol. The number of hydrogen-bond donors (Lipinski definition) is 9. The lowest BCUT2D eigenvalue weighted by Gasteiger charge is -2.39. The molecule has 5 unspecified atom stereocenters. The number of nitrogens with one attached hydrogen (secondary N) is 2. The van der Waals surface area contributed by atoms with Crippen molar-refractivity contribution >= 4 is 61.8 Å². The van der Waals surface area contributed by atoms with Gasteiger partial charge in [0.2, 0.25) is 10.0 Å². The largest absolute Gasteiger partial charge is 0.505 e. The molecule has 5 aromatic rings. The molecule has 0 amide bonds. The fraction of sp³-hybridized carbons (Fsp3) is 0.200. The zero-order valence-electron chi connectivity index (χ0n) is 26.5. The van der Waals surface area contributed by atoms with Gasteiger partial charge in [0, 0.05) is 5.39 Å². The van der Waals surface area contributed by atoms with E-state index in [1.165, 1.54) is 16.7 Å². The van der Waals surface area contributed by atoms with Crippen molar-refractivity contribution in [1.29, 1.82) is 0 Å². The Morgan fingerprint density at radius 3 is 2.37 bits per heavy atom. The van der Waals surface area contributed by atoms with E-state index in [9.17, 15) is 34.0 Å². The molecule has 272 valence electrons. The van der Waals surface area contributed by atoms with Crippen LogP contribution in [0.3, 0.4) is 0 Å². The van der Waals surface area contributed by atoms with E-state index in [0.29, 0.717) is 17.7 Å². The number of nitrogens with zero attached hydrogens (tertiary/aromatic N) is 6. The number of aliphatic hydroxyl groups excluding tert-OH is 4. The lowest BCUT2D eigenvalue weighted by Crippen LogP contribution is -2.61. The number of primary sulfonamides is 1. The summed E-state index contributed by atoms with van der Waals surface area (Å²) in [6.45, 7) is -0.668. The number of phenolic OH excluding ortho intramolecular Hbond substituents is 1. The number of hydrogen-bond acceptors (Lipinski definition) is 19. The van der Waals surface area contributed by atoms with Crippen LogP contribution in [0.4, 0.5) is 29.0 Å². The summed E-state index contributed by atoms with van der Waals surface area (Å²) in [6.07, 6.45) is -2.96. The summed E-state index contributed by atoms with van der Waals surface area (Å²) in [5, 5.41) is 72.6. The van der Waals surface area contributed by atoms with Gasteiger partial charge in [-0.1, -0.05) is 24.3 Å². The Hall–Kier alpha value is -4.98. The van der Waals surface area contributed by atoms with Gasteiger partial charge >= 0.3 is 17.8 Å². The first-order valence-electron chi connectivity index (χ1n) is 15.1. The number of sulfonamides is 1. The van der Waals surface area contributed by atoms with E-state index in [0.717, 1.165) is 6.07 Å². The molecule has 1 saturated heterocycles. The molecule has 1 fully saturated rings. The second kappa shape index (κ2) is 15.7. The maximum absolute atomic E-state index is 12.6. The second-order valence-electron chi connectivity index (χ2n) is 11.1. The summed E-state index contributed by atoms with van der Waals surface area (Å²) in [5.74, 6) is 4.10. The van der Waals surface area contributed by atoms with Gasteiger partial charge in [0.25, 0.3) is 0 Å². The smallest absolute Gasteiger partial charge is 0.444 e. The van der Waals surface area contributed by atoms with Gasteiger partial charge in [0.05, 0.1) is 52.2 Å². The van der Waals surface area contributed by atoms with E-state index in [1.807, 2.05) is 0 Å². The van der Waals surface area contributed by atoms with Crippen LogP contribution in [-0.4, -0.2) is 86.2 Å². The van der Waals surface area contributed by atoms with Gasteiger partial charge in [-0.05, 0) is 57.8 Å². The van der Waals surface area contributed by atoms with Gasteiger partial charge < -0.3 is 40.9 Å². The minimum absolute atomic E-state index is 0.00110. The maximum atomic E-state index is 12.6. The molecule has 5 atom stereocenters. The van der Waals surface area contributed by atoms with Gasteiger partial charge in [0.15, 0.2) is 12.0 Å². The van der Waals surface area contributed by atoms with Crippen molar-refractivity contribution in [1.82, 2.24) is 15.0 Å². The number of fused-ring (bicyclic) bond motifs is 1. The number of aliphatic hydroxyl groups is 4. The number of aromatic nitrogens is 4. The summed E-state index contributed by atoms with van der Waals surface area (Å²) in [6, 6.07) is 16.2. The second-order valence-corrected chi connectivity index (χ2v) is 13.4. The van der Waals surface area contributed by atoms with Crippen LogP contribution >= 0.6 is 12.0 Å². The van der Waals surface area contributed by atoms with Crippen LogP contribution in [0.5, 0.6) is 5.75 Å². The molecule has 3 heterocycles. The molecule has 1 aliphatic rings. The Balaban J connectivity index is 1.50. The maximum Gasteiger partial charge on any atom is 0.444 e. The summed E-state index contributed by atoms with van der Waals surface area (Å²) in [5.41, 5.74) is 0.278. The molecule has 52 heavy (non-hydrogen) atoms. The Kier molecular flexibility index (Phi) is 11.1. The topological polar surface area (TPSA) is 306 Å². The van der Waals surface area contributed by atoms with Gasteiger partial charge in [0.1, 0.15) is 30.0 Å². The zero-order valence-corrected chi connectivity index (χ0v) is 28.2. The number of aromatic hydroxyl groups is 1. The molecule has 22 heteroatoms. The molecular formula is C30H31N10O10S2+. The van der Waals surface area contributed by atoms with Gasteiger partial charge in [-0.15, -0.1) is 19.4 Å². The van der Waals surface area contributed by atoms with Crippen LogP contribution in [0.2, 0.25) is 0 Å². The van der Waals surface area contributed by atoms with E-state index < -0.39 is 53.0 Å². The zero-order chi connectivity index (χ0) is 37.0. The minimum atomic E-state index is -4.34. The fourth-order valence-electron chi connectivity index (χ4n) is 5.20. The minimum Gasteiger partial charge on any atom is -0.505 e. The first kappa shape index (κ1) is 36.8. The molecular weight excluding hydrogens is 725 g/mol. The molecule has 0 bridgehead atoms. The number of benzene rings is 3. The Morgan fingerprint density at radius 2 is 1.67 bits per heavy atom. The van der Waals surface area contributed by atoms with Crippen LogP contribution in [-0.2, 0) is 24.1 Å². The molecule has 11 N–H and O–H groups in total. The Bertz CT molecular complexity index is 2190. The van der Waals surface area contributed by atoms with Gasteiger partial charge in [-0.3, -0.25) is 0 Å². The number of rotatable bonds is 12. The summed E-state index contributed by atoms with van der Waals surface area (Å²) in [7, 11) is -4.34. The number of phenols is 1. The quantitative estimate of drug-likeness (QED) is 0.0280. The number of pyridine rings is 1.